The average molecular weight is 285 g/mol. The van der Waals surface area contributed by atoms with Gasteiger partial charge in [0.15, 0.2) is 0 Å². The van der Waals surface area contributed by atoms with Gasteiger partial charge < -0.3 is 15.0 Å². The topological polar surface area (TPSA) is 37.4 Å². The van der Waals surface area contributed by atoms with E-state index in [1.807, 2.05) is 0 Å². The van der Waals surface area contributed by atoms with E-state index < -0.39 is 0 Å². The smallest absolute Gasteiger partial charge is 0.0762 e. The van der Waals surface area contributed by atoms with Gasteiger partial charge in [0.05, 0.1) is 17.3 Å². The van der Waals surface area contributed by atoms with Gasteiger partial charge in [-0.15, -0.1) is 0 Å². The molecule has 21 heavy (non-hydrogen) atoms. The number of nitrogens with zero attached hydrogens (tertiary/aromatic N) is 2. The third kappa shape index (κ3) is 3.01. The first-order chi connectivity index (χ1) is 10.3. The largest absolute Gasteiger partial charge is 0.380 e. The molecule has 1 aromatic carbocycles. The lowest BCUT2D eigenvalue weighted by Gasteiger charge is -2.21. The minimum atomic E-state index is 0.342. The van der Waals surface area contributed by atoms with Crippen molar-refractivity contribution in [2.24, 2.45) is 0 Å². The van der Waals surface area contributed by atoms with Crippen LogP contribution in [0, 0.1) is 0 Å². The highest BCUT2D eigenvalue weighted by atomic mass is 16.5. The molecule has 1 saturated heterocycles. The van der Waals surface area contributed by atoms with E-state index in [1.165, 1.54) is 11.1 Å². The number of nitrogens with one attached hydrogen (secondary N) is 1. The molecule has 4 heteroatoms. The normalized spacial score (nSPS) is 18.6. The van der Waals surface area contributed by atoms with E-state index in [0.29, 0.717) is 6.10 Å². The molecule has 1 aromatic heterocycles. The molecule has 2 heterocycles. The fourth-order valence-electron chi connectivity index (χ4n) is 2.95. The molecule has 2 aromatic rings. The van der Waals surface area contributed by atoms with Gasteiger partial charge in [0.2, 0.25) is 0 Å². The summed E-state index contributed by atoms with van der Waals surface area (Å²) in [5, 5.41) is 4.59. The number of fused-ring (bicyclic) bond motifs is 1. The van der Waals surface area contributed by atoms with Crippen molar-refractivity contribution >= 4 is 16.6 Å². The highest BCUT2D eigenvalue weighted by Crippen LogP contribution is 2.30. The Bertz CT molecular complexity index is 614. The Kier molecular flexibility index (Phi) is 4.36. The molecule has 3 rings (SSSR count). The Morgan fingerprint density at radius 1 is 1.38 bits per heavy atom. The molecule has 0 amide bonds. The van der Waals surface area contributed by atoms with Crippen LogP contribution in [-0.2, 0) is 11.3 Å². The van der Waals surface area contributed by atoms with Gasteiger partial charge in [0, 0.05) is 37.8 Å². The first-order valence-corrected chi connectivity index (χ1v) is 7.69. The molecule has 1 N–H and O–H groups in total. The molecule has 1 unspecified atom stereocenters. The summed E-state index contributed by atoms with van der Waals surface area (Å²) < 4.78 is 5.50. The second kappa shape index (κ2) is 6.41. The number of para-hydroxylation sites is 1. The number of aromatic nitrogens is 1. The second-order valence-corrected chi connectivity index (χ2v) is 5.52. The van der Waals surface area contributed by atoms with E-state index >= 15 is 0 Å². The molecule has 1 fully saturated rings. The van der Waals surface area contributed by atoms with Gasteiger partial charge in [0.25, 0.3) is 0 Å². The van der Waals surface area contributed by atoms with E-state index in [1.54, 1.807) is 7.11 Å². The third-order valence-electron chi connectivity index (χ3n) is 4.12. The molecule has 1 atom stereocenters. The number of ether oxygens (including phenoxy) is 1. The zero-order valence-corrected chi connectivity index (χ0v) is 12.8. The van der Waals surface area contributed by atoms with Crippen LogP contribution in [0.15, 0.2) is 30.3 Å². The van der Waals surface area contributed by atoms with E-state index in [0.717, 1.165) is 43.8 Å². The van der Waals surface area contributed by atoms with Gasteiger partial charge in [-0.05, 0) is 25.1 Å². The lowest BCUT2D eigenvalue weighted by molar-refractivity contribution is 0.121. The predicted molar refractivity (Wildman–Crippen MR) is 86.8 cm³/mol. The van der Waals surface area contributed by atoms with Crippen molar-refractivity contribution in [3.63, 3.8) is 0 Å². The summed E-state index contributed by atoms with van der Waals surface area (Å²) in [4.78, 5) is 7.19. The third-order valence-corrected chi connectivity index (χ3v) is 4.12. The molecule has 112 valence electrons. The maximum atomic E-state index is 5.50. The van der Waals surface area contributed by atoms with Gasteiger partial charge in [0.1, 0.15) is 0 Å². The van der Waals surface area contributed by atoms with E-state index in [9.17, 15) is 0 Å². The van der Waals surface area contributed by atoms with Crippen molar-refractivity contribution in [2.45, 2.75) is 26.0 Å². The van der Waals surface area contributed by atoms with Crippen LogP contribution < -0.4 is 10.2 Å². The van der Waals surface area contributed by atoms with Crippen LogP contribution in [0.1, 0.15) is 19.0 Å². The molecular formula is C17H23N3O. The van der Waals surface area contributed by atoms with Crippen molar-refractivity contribution < 1.29 is 4.74 Å². The van der Waals surface area contributed by atoms with Crippen molar-refractivity contribution in [3.05, 3.63) is 36.0 Å². The molecule has 1 aliphatic rings. The standard InChI is InChI=1S/C17H23N3O/c1-3-18-11-13-10-17(20-9-8-14(12-20)21-2)15-6-4-5-7-16(15)19-13/h4-7,10,14,18H,3,8-9,11-12H2,1-2H3. The lowest BCUT2D eigenvalue weighted by Crippen LogP contribution is -2.23. The van der Waals surface area contributed by atoms with Crippen molar-refractivity contribution in [3.8, 4) is 0 Å². The highest BCUT2D eigenvalue weighted by molar-refractivity contribution is 5.92. The molecule has 0 aliphatic carbocycles. The zero-order chi connectivity index (χ0) is 14.7. The fourth-order valence-corrected chi connectivity index (χ4v) is 2.95. The molecule has 0 spiro atoms. The minimum Gasteiger partial charge on any atom is -0.380 e. The Hall–Kier alpha value is -1.65. The minimum absolute atomic E-state index is 0.342. The number of benzene rings is 1. The molecule has 0 saturated carbocycles. The monoisotopic (exact) mass is 285 g/mol. The fraction of sp³-hybridized carbons (Fsp3) is 0.471. The number of hydrogen-bond acceptors (Lipinski definition) is 4. The maximum Gasteiger partial charge on any atom is 0.0762 e. The summed E-state index contributed by atoms with van der Waals surface area (Å²) in [5.74, 6) is 0. The van der Waals surface area contributed by atoms with Crippen molar-refractivity contribution in [2.75, 3.05) is 31.6 Å². The first-order valence-electron chi connectivity index (χ1n) is 7.69. The van der Waals surface area contributed by atoms with Crippen LogP contribution in [0.4, 0.5) is 5.69 Å². The van der Waals surface area contributed by atoms with E-state index in [-0.39, 0.29) is 0 Å². The SMILES string of the molecule is CCNCc1cc(N2CCC(OC)C2)c2ccccc2n1. The summed E-state index contributed by atoms with van der Waals surface area (Å²) >= 11 is 0. The highest BCUT2D eigenvalue weighted by Gasteiger charge is 2.24. The van der Waals surface area contributed by atoms with Gasteiger partial charge in [-0.25, -0.2) is 0 Å². The molecule has 4 nitrogen and oxygen atoms in total. The van der Waals surface area contributed by atoms with Crippen molar-refractivity contribution in [1.29, 1.82) is 0 Å². The maximum absolute atomic E-state index is 5.50. The van der Waals surface area contributed by atoms with Crippen LogP contribution in [0.25, 0.3) is 10.9 Å². The van der Waals surface area contributed by atoms with Crippen LogP contribution >= 0.6 is 0 Å². The Morgan fingerprint density at radius 3 is 3.00 bits per heavy atom. The van der Waals surface area contributed by atoms with E-state index in [2.05, 4.69) is 47.5 Å². The Balaban J connectivity index is 1.98. The van der Waals surface area contributed by atoms with Crippen LogP contribution in [-0.4, -0.2) is 37.8 Å². The summed E-state index contributed by atoms with van der Waals surface area (Å²) in [6.07, 6.45) is 1.43. The van der Waals surface area contributed by atoms with Gasteiger partial charge in [-0.3, -0.25) is 4.98 Å². The summed E-state index contributed by atoms with van der Waals surface area (Å²) in [6, 6.07) is 10.6. The van der Waals surface area contributed by atoms with Crippen molar-refractivity contribution in [1.82, 2.24) is 10.3 Å². The molecule has 0 radical (unpaired) electrons. The molecule has 0 bridgehead atoms. The second-order valence-electron chi connectivity index (χ2n) is 5.52. The van der Waals surface area contributed by atoms with Gasteiger partial charge >= 0.3 is 0 Å². The van der Waals surface area contributed by atoms with Gasteiger partial charge in [-0.2, -0.15) is 0 Å². The Labute approximate surface area is 126 Å². The lowest BCUT2D eigenvalue weighted by atomic mass is 10.1. The summed E-state index contributed by atoms with van der Waals surface area (Å²) in [5.41, 5.74) is 3.46. The van der Waals surface area contributed by atoms with Crippen LogP contribution in [0.5, 0.6) is 0 Å². The number of pyridine rings is 1. The Morgan fingerprint density at radius 2 is 2.24 bits per heavy atom. The number of methoxy groups -OCH3 is 1. The average Bonchev–Trinajstić information content (AvgIpc) is 3.01. The summed E-state index contributed by atoms with van der Waals surface area (Å²) in [6.45, 7) is 5.90. The number of rotatable bonds is 5. The molecule has 1 aliphatic heterocycles. The quantitative estimate of drug-likeness (QED) is 0.916. The number of anilines is 1. The van der Waals surface area contributed by atoms with Crippen LogP contribution in [0.3, 0.4) is 0 Å². The van der Waals surface area contributed by atoms with E-state index in [4.69, 9.17) is 9.72 Å². The summed E-state index contributed by atoms with van der Waals surface area (Å²) in [7, 11) is 1.80. The zero-order valence-electron chi connectivity index (χ0n) is 12.8. The van der Waals surface area contributed by atoms with Crippen LogP contribution in [0.2, 0.25) is 0 Å². The number of hydrogen-bond donors (Lipinski definition) is 1. The first kappa shape index (κ1) is 14.3. The van der Waals surface area contributed by atoms with Gasteiger partial charge in [-0.1, -0.05) is 25.1 Å². The molecular weight excluding hydrogens is 262 g/mol. The predicted octanol–water partition coefficient (Wildman–Crippen LogP) is 2.57.